The molecule has 1 aliphatic rings. The second kappa shape index (κ2) is 5.47. The molecule has 1 N–H and O–H groups in total. The molecule has 1 saturated carbocycles. The van der Waals surface area contributed by atoms with Gasteiger partial charge < -0.3 is 9.88 Å². The average Bonchev–Trinajstić information content (AvgIpc) is 3.13. The van der Waals surface area contributed by atoms with Crippen LogP contribution in [-0.2, 0) is 13.1 Å². The second-order valence-electron chi connectivity index (χ2n) is 5.06. The van der Waals surface area contributed by atoms with Crippen LogP contribution < -0.4 is 5.32 Å². The lowest BCUT2D eigenvalue weighted by molar-refractivity contribution is 0.616. The summed E-state index contributed by atoms with van der Waals surface area (Å²) in [7, 11) is 0. The van der Waals surface area contributed by atoms with Crippen molar-refractivity contribution in [3.63, 3.8) is 0 Å². The Hall–Kier alpha value is -1.13. The topological polar surface area (TPSA) is 17.0 Å². The maximum Gasteiger partial charge on any atom is 0.137 e. The van der Waals surface area contributed by atoms with Gasteiger partial charge in [-0.15, -0.1) is 0 Å². The van der Waals surface area contributed by atoms with Gasteiger partial charge in [-0.3, -0.25) is 0 Å². The Morgan fingerprint density at radius 1 is 1.32 bits per heavy atom. The molecule has 19 heavy (non-hydrogen) atoms. The third-order valence-corrected chi connectivity index (χ3v) is 4.26. The first-order valence-corrected chi connectivity index (χ1v) is 7.32. The average molecular weight is 323 g/mol. The highest BCUT2D eigenvalue weighted by molar-refractivity contribution is 9.10. The molecule has 100 valence electrons. The molecular formula is C15H16BrFN2. The van der Waals surface area contributed by atoms with Crippen LogP contribution in [0.25, 0.3) is 0 Å². The van der Waals surface area contributed by atoms with Gasteiger partial charge in [0.1, 0.15) is 5.82 Å². The van der Waals surface area contributed by atoms with Crippen molar-refractivity contribution in [1.29, 1.82) is 0 Å². The summed E-state index contributed by atoms with van der Waals surface area (Å²) in [6.07, 6.45) is 6.77. The van der Waals surface area contributed by atoms with Crippen molar-refractivity contribution in [2.24, 2.45) is 0 Å². The van der Waals surface area contributed by atoms with Gasteiger partial charge in [-0.25, -0.2) is 4.39 Å². The molecule has 1 heterocycles. The lowest BCUT2D eigenvalue weighted by Gasteiger charge is -2.06. The largest absolute Gasteiger partial charge is 0.350 e. The molecule has 1 aromatic carbocycles. The number of rotatable bonds is 5. The zero-order valence-electron chi connectivity index (χ0n) is 10.6. The fourth-order valence-corrected chi connectivity index (χ4v) is 2.50. The van der Waals surface area contributed by atoms with E-state index in [2.05, 4.69) is 38.1 Å². The van der Waals surface area contributed by atoms with Crippen molar-refractivity contribution >= 4 is 15.9 Å². The lowest BCUT2D eigenvalue weighted by Crippen LogP contribution is -2.14. The summed E-state index contributed by atoms with van der Waals surface area (Å²) in [5.74, 6) is -0.208. The number of hydrogen-bond acceptors (Lipinski definition) is 1. The molecule has 0 bridgehead atoms. The molecule has 3 rings (SSSR count). The highest BCUT2D eigenvalue weighted by Gasteiger charge is 2.19. The van der Waals surface area contributed by atoms with Gasteiger partial charge in [-0.1, -0.05) is 12.1 Å². The molecule has 0 unspecified atom stereocenters. The van der Waals surface area contributed by atoms with Crippen LogP contribution in [0.4, 0.5) is 4.39 Å². The summed E-state index contributed by atoms with van der Waals surface area (Å²) in [5.41, 5.74) is 2.23. The molecule has 0 aliphatic heterocycles. The molecule has 0 saturated heterocycles. The normalized spacial score (nSPS) is 14.8. The highest BCUT2D eigenvalue weighted by atomic mass is 79.9. The van der Waals surface area contributed by atoms with E-state index in [4.69, 9.17) is 0 Å². The van der Waals surface area contributed by atoms with Gasteiger partial charge in [-0.05, 0) is 52.0 Å². The Bertz CT molecular complexity index is 575. The van der Waals surface area contributed by atoms with Gasteiger partial charge in [0, 0.05) is 31.5 Å². The summed E-state index contributed by atoms with van der Waals surface area (Å²) in [4.78, 5) is 0. The molecule has 2 nitrogen and oxygen atoms in total. The van der Waals surface area contributed by atoms with Crippen LogP contribution in [0.2, 0.25) is 0 Å². The first-order valence-electron chi connectivity index (χ1n) is 6.53. The summed E-state index contributed by atoms with van der Waals surface area (Å²) in [6, 6.07) is 7.99. The van der Waals surface area contributed by atoms with Crippen molar-refractivity contribution in [1.82, 2.24) is 9.88 Å². The van der Waals surface area contributed by atoms with Gasteiger partial charge in [0.05, 0.1) is 4.47 Å². The molecule has 0 amide bonds. The number of aromatic nitrogens is 1. The minimum Gasteiger partial charge on any atom is -0.350 e. The van der Waals surface area contributed by atoms with E-state index in [0.29, 0.717) is 11.0 Å². The van der Waals surface area contributed by atoms with Crippen LogP contribution in [0.5, 0.6) is 0 Å². The van der Waals surface area contributed by atoms with E-state index >= 15 is 0 Å². The monoisotopic (exact) mass is 322 g/mol. The first-order chi connectivity index (χ1) is 9.22. The fourth-order valence-electron chi connectivity index (χ4n) is 2.11. The van der Waals surface area contributed by atoms with Crippen LogP contribution in [0.3, 0.4) is 0 Å². The van der Waals surface area contributed by atoms with Gasteiger partial charge in [0.25, 0.3) is 0 Å². The van der Waals surface area contributed by atoms with Crippen LogP contribution >= 0.6 is 15.9 Å². The minimum atomic E-state index is -0.208. The van der Waals surface area contributed by atoms with Crippen molar-refractivity contribution in [2.75, 3.05) is 0 Å². The number of hydrogen-bond donors (Lipinski definition) is 1. The van der Waals surface area contributed by atoms with Crippen LogP contribution in [0, 0.1) is 5.82 Å². The molecule has 1 fully saturated rings. The lowest BCUT2D eigenvalue weighted by atomic mass is 10.2. The Labute approximate surface area is 120 Å². The predicted molar refractivity (Wildman–Crippen MR) is 77.5 cm³/mol. The van der Waals surface area contributed by atoms with E-state index in [1.54, 1.807) is 6.07 Å². The standard InChI is InChI=1S/C15H16BrFN2/c16-15-12(2-1-3-14(15)17)10-19-7-6-11(9-19)8-18-13-4-5-13/h1-3,6-7,9,13,18H,4-5,8,10H2. The van der Waals surface area contributed by atoms with Crippen LogP contribution in [0.15, 0.2) is 41.1 Å². The van der Waals surface area contributed by atoms with E-state index in [1.807, 2.05) is 12.3 Å². The number of nitrogens with zero attached hydrogens (tertiary/aromatic N) is 1. The molecule has 0 spiro atoms. The van der Waals surface area contributed by atoms with Gasteiger partial charge >= 0.3 is 0 Å². The van der Waals surface area contributed by atoms with Gasteiger partial charge in [0.2, 0.25) is 0 Å². The van der Waals surface area contributed by atoms with Crippen molar-refractivity contribution in [3.05, 3.63) is 58.1 Å². The number of benzene rings is 1. The summed E-state index contributed by atoms with van der Waals surface area (Å²) in [6.45, 7) is 1.60. The van der Waals surface area contributed by atoms with Crippen molar-refractivity contribution in [2.45, 2.75) is 32.0 Å². The molecular weight excluding hydrogens is 307 g/mol. The maximum atomic E-state index is 13.4. The Morgan fingerprint density at radius 2 is 2.16 bits per heavy atom. The van der Waals surface area contributed by atoms with Crippen molar-refractivity contribution in [3.8, 4) is 0 Å². The maximum absolute atomic E-state index is 13.4. The van der Waals surface area contributed by atoms with Gasteiger partial charge in [-0.2, -0.15) is 0 Å². The van der Waals surface area contributed by atoms with E-state index in [1.165, 1.54) is 24.5 Å². The Balaban J connectivity index is 1.67. The van der Waals surface area contributed by atoms with Gasteiger partial charge in [0.15, 0.2) is 0 Å². The van der Waals surface area contributed by atoms with Crippen LogP contribution in [0.1, 0.15) is 24.0 Å². The van der Waals surface area contributed by atoms with Crippen molar-refractivity contribution < 1.29 is 4.39 Å². The number of halogens is 2. The minimum absolute atomic E-state index is 0.208. The zero-order chi connectivity index (χ0) is 13.2. The summed E-state index contributed by atoms with van der Waals surface area (Å²) >= 11 is 3.30. The molecule has 4 heteroatoms. The summed E-state index contributed by atoms with van der Waals surface area (Å²) in [5, 5.41) is 3.49. The Kier molecular flexibility index (Phi) is 3.71. The van der Waals surface area contributed by atoms with E-state index < -0.39 is 0 Å². The van der Waals surface area contributed by atoms with E-state index in [9.17, 15) is 4.39 Å². The molecule has 1 aliphatic carbocycles. The smallest absolute Gasteiger partial charge is 0.137 e. The highest BCUT2D eigenvalue weighted by Crippen LogP contribution is 2.22. The summed E-state index contributed by atoms with van der Waals surface area (Å²) < 4.78 is 16.1. The molecule has 0 atom stereocenters. The second-order valence-corrected chi connectivity index (χ2v) is 5.85. The molecule has 0 radical (unpaired) electrons. The van der Waals surface area contributed by atoms with E-state index in [0.717, 1.165) is 18.2 Å². The fraction of sp³-hybridized carbons (Fsp3) is 0.333. The number of nitrogens with one attached hydrogen (secondary N) is 1. The third kappa shape index (κ3) is 3.25. The Morgan fingerprint density at radius 3 is 2.95 bits per heavy atom. The third-order valence-electron chi connectivity index (χ3n) is 3.37. The SMILES string of the molecule is Fc1cccc(Cn2ccc(CNC3CC3)c2)c1Br. The predicted octanol–water partition coefficient (Wildman–Crippen LogP) is 3.69. The molecule has 2 aromatic rings. The first kappa shape index (κ1) is 12.9. The quantitative estimate of drug-likeness (QED) is 0.888. The zero-order valence-corrected chi connectivity index (χ0v) is 12.2. The van der Waals surface area contributed by atoms with Crippen LogP contribution in [-0.4, -0.2) is 10.6 Å². The van der Waals surface area contributed by atoms with E-state index in [-0.39, 0.29) is 5.82 Å². The molecule has 1 aromatic heterocycles.